The molecule has 20 heavy (non-hydrogen) atoms. The number of carbonyl (C=O) groups is 1. The highest BCUT2D eigenvalue weighted by molar-refractivity contribution is 9.10. The second kappa shape index (κ2) is 7.69. The van der Waals surface area contributed by atoms with Crippen molar-refractivity contribution in [3.8, 4) is 0 Å². The molecule has 0 saturated heterocycles. The van der Waals surface area contributed by atoms with Gasteiger partial charge in [0, 0.05) is 6.20 Å². The van der Waals surface area contributed by atoms with E-state index in [0.29, 0.717) is 18.7 Å². The Labute approximate surface area is 133 Å². The predicted molar refractivity (Wildman–Crippen MR) is 89.6 cm³/mol. The van der Waals surface area contributed by atoms with Gasteiger partial charge in [-0.1, -0.05) is 38.9 Å². The van der Waals surface area contributed by atoms with E-state index in [0.717, 1.165) is 17.3 Å². The molecule has 0 unspecified atom stereocenters. The van der Waals surface area contributed by atoms with E-state index in [4.69, 9.17) is 18.0 Å². The molecule has 0 spiro atoms. The summed E-state index contributed by atoms with van der Waals surface area (Å²) in [6.07, 6.45) is 4.60. The number of thiocarbonyl (C=S) groups is 1. The van der Waals surface area contributed by atoms with Crippen molar-refractivity contribution in [2.24, 2.45) is 11.1 Å². The molecule has 0 aliphatic heterocycles. The van der Waals surface area contributed by atoms with Crippen molar-refractivity contribution < 1.29 is 4.79 Å². The number of pyridine rings is 1. The molecule has 0 saturated carbocycles. The van der Waals surface area contributed by atoms with Gasteiger partial charge in [-0.25, -0.2) is 4.98 Å². The SMILES string of the molecule is CCCC(CCC)(C(=O)Nc1ncccc1Br)C(N)=S. The van der Waals surface area contributed by atoms with E-state index in [1.807, 2.05) is 19.9 Å². The highest BCUT2D eigenvalue weighted by atomic mass is 79.9. The van der Waals surface area contributed by atoms with Gasteiger partial charge in [0.2, 0.25) is 5.91 Å². The molecule has 1 aromatic heterocycles. The van der Waals surface area contributed by atoms with Gasteiger partial charge in [-0.3, -0.25) is 4.79 Å². The average Bonchev–Trinajstić information content (AvgIpc) is 2.40. The summed E-state index contributed by atoms with van der Waals surface area (Å²) in [4.78, 5) is 17.1. The van der Waals surface area contributed by atoms with Gasteiger partial charge in [-0.2, -0.15) is 0 Å². The largest absolute Gasteiger partial charge is 0.392 e. The number of amides is 1. The summed E-state index contributed by atoms with van der Waals surface area (Å²) < 4.78 is 0.734. The van der Waals surface area contributed by atoms with Crippen LogP contribution in [0.3, 0.4) is 0 Å². The van der Waals surface area contributed by atoms with Gasteiger partial charge < -0.3 is 11.1 Å². The van der Waals surface area contributed by atoms with Crippen LogP contribution < -0.4 is 11.1 Å². The van der Waals surface area contributed by atoms with Crippen LogP contribution in [-0.2, 0) is 4.79 Å². The first kappa shape index (κ1) is 17.0. The van der Waals surface area contributed by atoms with Gasteiger partial charge in [-0.05, 0) is 40.9 Å². The van der Waals surface area contributed by atoms with Gasteiger partial charge in [0.1, 0.15) is 5.82 Å². The molecule has 0 radical (unpaired) electrons. The highest BCUT2D eigenvalue weighted by Crippen LogP contribution is 2.33. The molecule has 0 fully saturated rings. The zero-order valence-electron chi connectivity index (χ0n) is 11.8. The van der Waals surface area contributed by atoms with Crippen molar-refractivity contribution in [2.45, 2.75) is 39.5 Å². The fourth-order valence-corrected chi connectivity index (χ4v) is 2.92. The number of anilines is 1. The Hall–Kier alpha value is -1.01. The summed E-state index contributed by atoms with van der Waals surface area (Å²) in [6.45, 7) is 4.04. The monoisotopic (exact) mass is 357 g/mol. The molecule has 3 N–H and O–H groups in total. The molecule has 6 heteroatoms. The molecule has 0 atom stereocenters. The number of rotatable bonds is 7. The number of hydrogen-bond donors (Lipinski definition) is 2. The molecule has 0 aliphatic carbocycles. The lowest BCUT2D eigenvalue weighted by atomic mass is 9.78. The van der Waals surface area contributed by atoms with E-state index in [2.05, 4.69) is 26.2 Å². The minimum absolute atomic E-state index is 0.173. The molecule has 1 amide bonds. The number of nitrogens with zero attached hydrogens (tertiary/aromatic N) is 1. The fraction of sp³-hybridized carbons (Fsp3) is 0.500. The summed E-state index contributed by atoms with van der Waals surface area (Å²) in [7, 11) is 0. The van der Waals surface area contributed by atoms with E-state index in [1.165, 1.54) is 0 Å². The second-order valence-corrected chi connectivity index (χ2v) is 6.03. The number of aromatic nitrogens is 1. The van der Waals surface area contributed by atoms with Crippen LogP contribution in [0.15, 0.2) is 22.8 Å². The zero-order chi connectivity index (χ0) is 15.2. The van der Waals surface area contributed by atoms with E-state index in [-0.39, 0.29) is 10.9 Å². The number of hydrogen-bond acceptors (Lipinski definition) is 3. The molecule has 1 rings (SSSR count). The van der Waals surface area contributed by atoms with E-state index in [1.54, 1.807) is 12.3 Å². The van der Waals surface area contributed by atoms with E-state index >= 15 is 0 Å². The first-order chi connectivity index (χ1) is 9.47. The van der Waals surface area contributed by atoms with Crippen molar-refractivity contribution in [1.29, 1.82) is 0 Å². The van der Waals surface area contributed by atoms with E-state index in [9.17, 15) is 4.79 Å². The van der Waals surface area contributed by atoms with Crippen LogP contribution in [0.4, 0.5) is 5.82 Å². The summed E-state index contributed by atoms with van der Waals surface area (Å²) in [5.74, 6) is 0.318. The van der Waals surface area contributed by atoms with Crippen LogP contribution in [0.2, 0.25) is 0 Å². The van der Waals surface area contributed by atoms with Crippen LogP contribution in [0.25, 0.3) is 0 Å². The highest BCUT2D eigenvalue weighted by Gasteiger charge is 2.40. The van der Waals surface area contributed by atoms with Crippen molar-refractivity contribution in [3.05, 3.63) is 22.8 Å². The van der Waals surface area contributed by atoms with E-state index < -0.39 is 5.41 Å². The minimum atomic E-state index is -0.796. The van der Waals surface area contributed by atoms with Crippen LogP contribution in [0, 0.1) is 5.41 Å². The maximum atomic E-state index is 12.7. The lowest BCUT2D eigenvalue weighted by molar-refractivity contribution is -0.122. The molecule has 4 nitrogen and oxygen atoms in total. The molecular formula is C14H20BrN3OS. The van der Waals surface area contributed by atoms with Crippen molar-refractivity contribution in [2.75, 3.05) is 5.32 Å². The van der Waals surface area contributed by atoms with Crippen molar-refractivity contribution >= 4 is 44.9 Å². The third-order valence-corrected chi connectivity index (χ3v) is 4.28. The lowest BCUT2D eigenvalue weighted by Crippen LogP contribution is -2.46. The van der Waals surface area contributed by atoms with Crippen LogP contribution in [-0.4, -0.2) is 15.9 Å². The van der Waals surface area contributed by atoms with Crippen LogP contribution in [0.1, 0.15) is 39.5 Å². The first-order valence-corrected chi connectivity index (χ1v) is 7.90. The summed E-state index contributed by atoms with van der Waals surface area (Å²) in [6, 6.07) is 3.61. The zero-order valence-corrected chi connectivity index (χ0v) is 14.2. The predicted octanol–water partition coefficient (Wildman–Crippen LogP) is 3.66. The average molecular weight is 358 g/mol. The number of nitrogens with one attached hydrogen (secondary N) is 1. The maximum absolute atomic E-state index is 12.7. The number of nitrogens with two attached hydrogens (primary N) is 1. The Balaban J connectivity index is 3.05. The second-order valence-electron chi connectivity index (χ2n) is 4.73. The molecule has 1 heterocycles. The smallest absolute Gasteiger partial charge is 0.238 e. The Morgan fingerprint density at radius 2 is 2.05 bits per heavy atom. The molecule has 1 aromatic rings. The van der Waals surface area contributed by atoms with Crippen LogP contribution in [0.5, 0.6) is 0 Å². The Bertz CT molecular complexity index is 487. The summed E-state index contributed by atoms with van der Waals surface area (Å²) in [5, 5.41) is 2.84. The lowest BCUT2D eigenvalue weighted by Gasteiger charge is -2.30. The molecule has 110 valence electrons. The number of halogens is 1. The van der Waals surface area contributed by atoms with Gasteiger partial charge in [0.05, 0.1) is 14.9 Å². The van der Waals surface area contributed by atoms with Crippen LogP contribution >= 0.6 is 28.1 Å². The van der Waals surface area contributed by atoms with Crippen molar-refractivity contribution in [1.82, 2.24) is 4.98 Å². The normalized spacial score (nSPS) is 11.2. The Morgan fingerprint density at radius 3 is 2.50 bits per heavy atom. The minimum Gasteiger partial charge on any atom is -0.392 e. The Kier molecular flexibility index (Phi) is 6.55. The van der Waals surface area contributed by atoms with Gasteiger partial charge in [-0.15, -0.1) is 0 Å². The van der Waals surface area contributed by atoms with Gasteiger partial charge in [0.15, 0.2) is 0 Å². The van der Waals surface area contributed by atoms with Gasteiger partial charge in [0.25, 0.3) is 0 Å². The quantitative estimate of drug-likeness (QED) is 0.730. The van der Waals surface area contributed by atoms with Gasteiger partial charge >= 0.3 is 0 Å². The fourth-order valence-electron chi connectivity index (χ4n) is 2.27. The Morgan fingerprint density at radius 1 is 1.45 bits per heavy atom. The first-order valence-electron chi connectivity index (χ1n) is 6.69. The number of carbonyl (C=O) groups excluding carboxylic acids is 1. The topological polar surface area (TPSA) is 68.0 Å². The summed E-state index contributed by atoms with van der Waals surface area (Å²) in [5.41, 5.74) is 5.08. The third kappa shape index (κ3) is 3.76. The van der Waals surface area contributed by atoms with Crippen molar-refractivity contribution in [3.63, 3.8) is 0 Å². The summed E-state index contributed by atoms with van der Waals surface area (Å²) >= 11 is 8.54. The molecular weight excluding hydrogens is 338 g/mol. The standard InChI is InChI=1S/C14H20BrN3OS/c1-3-7-14(8-4-2,12(16)20)13(19)18-11-10(15)6-5-9-17-11/h5-6,9H,3-4,7-8H2,1-2H3,(H2,16,20)(H,17,18,19). The maximum Gasteiger partial charge on any atom is 0.238 e. The molecule has 0 aliphatic rings. The molecule has 0 aromatic carbocycles. The molecule has 0 bridgehead atoms. The third-order valence-electron chi connectivity index (χ3n) is 3.25.